The highest BCUT2D eigenvalue weighted by molar-refractivity contribution is 5.93. The zero-order valence-corrected chi connectivity index (χ0v) is 19.7. The molecule has 4 N–H and O–H groups in total. The number of methoxy groups -OCH3 is 1. The molecule has 1 aromatic carbocycles. The van der Waals surface area contributed by atoms with Crippen molar-refractivity contribution in [3.05, 3.63) is 29.8 Å². The number of ether oxygens (including phenoxy) is 2. The molecule has 0 bridgehead atoms. The summed E-state index contributed by atoms with van der Waals surface area (Å²) in [5, 5.41) is 24.9. The van der Waals surface area contributed by atoms with Crippen molar-refractivity contribution in [3.63, 3.8) is 0 Å². The number of nitrogens with one attached hydrogen (secondary N) is 2. The van der Waals surface area contributed by atoms with E-state index in [1.807, 2.05) is 0 Å². The minimum atomic E-state index is -1.43. The first-order valence-corrected chi connectivity index (χ1v) is 10.4. The van der Waals surface area contributed by atoms with Crippen LogP contribution in [0.15, 0.2) is 24.3 Å². The molecule has 2 unspecified atom stereocenters. The molecule has 0 radical (unpaired) electrons. The Bertz CT molecular complexity index is 850. The number of nitrogens with zero attached hydrogens (tertiary/aromatic N) is 1. The largest absolute Gasteiger partial charge is 0.508 e. The summed E-state index contributed by atoms with van der Waals surface area (Å²) in [6.45, 7) is 6.95. The van der Waals surface area contributed by atoms with Gasteiger partial charge in [0.15, 0.2) is 0 Å². The van der Waals surface area contributed by atoms with Crippen molar-refractivity contribution >= 4 is 23.9 Å². The summed E-state index contributed by atoms with van der Waals surface area (Å²) < 4.78 is 9.67. The SMILES string of the molecule is COC(=O)CNC(=O)C(c1ccccc1O)N(C(=O)C(CO)NC(=O)OC(C)(C)C)C(C)C. The normalized spacial score (nSPS) is 13.0. The van der Waals surface area contributed by atoms with E-state index in [1.54, 1.807) is 46.8 Å². The summed E-state index contributed by atoms with van der Waals surface area (Å²) >= 11 is 0. The maximum Gasteiger partial charge on any atom is 0.408 e. The number of aliphatic hydroxyl groups is 1. The van der Waals surface area contributed by atoms with Gasteiger partial charge in [-0.1, -0.05) is 18.2 Å². The number of rotatable bonds is 9. The first kappa shape index (κ1) is 27.7. The second-order valence-corrected chi connectivity index (χ2v) is 8.48. The number of phenolic OH excluding ortho intramolecular Hbond substituents is 1. The van der Waals surface area contributed by atoms with E-state index in [1.165, 1.54) is 12.1 Å². The number of benzene rings is 1. The average molecular weight is 468 g/mol. The van der Waals surface area contributed by atoms with Gasteiger partial charge in [0.2, 0.25) is 11.8 Å². The summed E-state index contributed by atoms with van der Waals surface area (Å²) in [6, 6.07) is 2.50. The molecule has 0 aromatic heterocycles. The highest BCUT2D eigenvalue weighted by atomic mass is 16.6. The van der Waals surface area contributed by atoms with Crippen LogP contribution in [0.25, 0.3) is 0 Å². The van der Waals surface area contributed by atoms with Crippen LogP contribution in [0.1, 0.15) is 46.2 Å². The number of carbonyl (C=O) groups excluding carboxylic acids is 4. The van der Waals surface area contributed by atoms with Crippen LogP contribution in [-0.2, 0) is 23.9 Å². The van der Waals surface area contributed by atoms with E-state index in [4.69, 9.17) is 4.74 Å². The van der Waals surface area contributed by atoms with Gasteiger partial charge in [-0.25, -0.2) is 4.79 Å². The predicted molar refractivity (Wildman–Crippen MR) is 118 cm³/mol. The third-order valence-electron chi connectivity index (χ3n) is 4.37. The number of aliphatic hydroxyl groups excluding tert-OH is 1. The molecule has 0 fully saturated rings. The minimum Gasteiger partial charge on any atom is -0.508 e. The van der Waals surface area contributed by atoms with Crippen LogP contribution in [0.5, 0.6) is 5.75 Å². The molecular formula is C22H33N3O8. The zero-order chi connectivity index (χ0) is 25.3. The number of carbonyl (C=O) groups is 4. The molecule has 0 aliphatic rings. The van der Waals surface area contributed by atoms with Crippen LogP contribution in [-0.4, -0.2) is 76.9 Å². The number of amides is 3. The van der Waals surface area contributed by atoms with Gasteiger partial charge >= 0.3 is 12.1 Å². The molecule has 11 heteroatoms. The van der Waals surface area contributed by atoms with Crippen LogP contribution < -0.4 is 10.6 Å². The second kappa shape index (κ2) is 12.0. The molecule has 33 heavy (non-hydrogen) atoms. The molecule has 0 heterocycles. The molecule has 11 nitrogen and oxygen atoms in total. The van der Waals surface area contributed by atoms with Crippen LogP contribution >= 0.6 is 0 Å². The van der Waals surface area contributed by atoms with E-state index in [2.05, 4.69) is 15.4 Å². The summed E-state index contributed by atoms with van der Waals surface area (Å²) in [5.74, 6) is -2.52. The Balaban J connectivity index is 3.35. The van der Waals surface area contributed by atoms with E-state index < -0.39 is 60.8 Å². The maximum absolute atomic E-state index is 13.4. The van der Waals surface area contributed by atoms with Crippen LogP contribution in [0.4, 0.5) is 4.79 Å². The molecule has 3 amide bonds. The molecule has 0 spiro atoms. The fourth-order valence-electron chi connectivity index (χ4n) is 2.96. The number of phenols is 1. The van der Waals surface area contributed by atoms with Crippen molar-refractivity contribution in [3.8, 4) is 5.75 Å². The molecule has 1 rings (SSSR count). The van der Waals surface area contributed by atoms with E-state index in [9.17, 15) is 29.4 Å². The van der Waals surface area contributed by atoms with Gasteiger partial charge in [-0.15, -0.1) is 0 Å². The van der Waals surface area contributed by atoms with Gasteiger partial charge in [0.1, 0.15) is 30.0 Å². The van der Waals surface area contributed by atoms with Crippen molar-refractivity contribution in [1.82, 2.24) is 15.5 Å². The molecular weight excluding hydrogens is 434 g/mol. The van der Waals surface area contributed by atoms with E-state index in [0.29, 0.717) is 0 Å². The fourth-order valence-corrected chi connectivity index (χ4v) is 2.96. The number of esters is 1. The standard InChI is InChI=1S/C22H33N3O8/c1-13(2)25(20(30)15(12-26)24-21(31)33-22(3,4)5)18(14-9-7-8-10-16(14)27)19(29)23-11-17(28)32-6/h7-10,13,15,18,26-27H,11-12H2,1-6H3,(H,23,29)(H,24,31). The molecule has 0 saturated carbocycles. The molecule has 2 atom stereocenters. The highest BCUT2D eigenvalue weighted by Gasteiger charge is 2.38. The number of aromatic hydroxyl groups is 1. The molecule has 1 aromatic rings. The average Bonchev–Trinajstić information content (AvgIpc) is 2.72. The topological polar surface area (TPSA) is 154 Å². The van der Waals surface area contributed by atoms with Crippen LogP contribution in [0.2, 0.25) is 0 Å². The number of alkyl carbamates (subject to hydrolysis) is 1. The Kier molecular flexibility index (Phi) is 10.1. The van der Waals surface area contributed by atoms with E-state index >= 15 is 0 Å². The van der Waals surface area contributed by atoms with Gasteiger partial charge in [0.25, 0.3) is 0 Å². The van der Waals surface area contributed by atoms with Crippen molar-refractivity contribution < 1.29 is 38.9 Å². The van der Waals surface area contributed by atoms with E-state index in [0.717, 1.165) is 12.0 Å². The van der Waals surface area contributed by atoms with Crippen LogP contribution in [0, 0.1) is 0 Å². The van der Waals surface area contributed by atoms with Gasteiger partial charge in [-0.2, -0.15) is 0 Å². The summed E-state index contributed by atoms with van der Waals surface area (Å²) in [7, 11) is 1.16. The summed E-state index contributed by atoms with van der Waals surface area (Å²) in [6.07, 6.45) is -0.923. The lowest BCUT2D eigenvalue weighted by molar-refractivity contribution is -0.146. The Morgan fingerprint density at radius 1 is 1.12 bits per heavy atom. The highest BCUT2D eigenvalue weighted by Crippen LogP contribution is 2.31. The lowest BCUT2D eigenvalue weighted by Gasteiger charge is -2.36. The monoisotopic (exact) mass is 467 g/mol. The fraction of sp³-hybridized carbons (Fsp3) is 0.545. The van der Waals surface area contributed by atoms with Crippen molar-refractivity contribution in [1.29, 1.82) is 0 Å². The first-order valence-electron chi connectivity index (χ1n) is 10.4. The van der Waals surface area contributed by atoms with Crippen LogP contribution in [0.3, 0.4) is 0 Å². The van der Waals surface area contributed by atoms with Gasteiger partial charge in [0.05, 0.1) is 13.7 Å². The van der Waals surface area contributed by atoms with E-state index in [-0.39, 0.29) is 11.3 Å². The third-order valence-corrected chi connectivity index (χ3v) is 4.37. The second-order valence-electron chi connectivity index (χ2n) is 8.48. The molecule has 0 aliphatic carbocycles. The Labute approximate surface area is 193 Å². The Morgan fingerprint density at radius 2 is 1.73 bits per heavy atom. The number of hydrogen-bond acceptors (Lipinski definition) is 8. The smallest absolute Gasteiger partial charge is 0.408 e. The lowest BCUT2D eigenvalue weighted by Crippen LogP contribution is -2.56. The van der Waals surface area contributed by atoms with Gasteiger partial charge in [-0.3, -0.25) is 14.4 Å². The number of hydrogen-bond donors (Lipinski definition) is 4. The maximum atomic E-state index is 13.4. The van der Waals surface area contributed by atoms with Crippen molar-refractivity contribution in [2.24, 2.45) is 0 Å². The zero-order valence-electron chi connectivity index (χ0n) is 19.7. The molecule has 0 saturated heterocycles. The van der Waals surface area contributed by atoms with Gasteiger partial charge < -0.3 is 35.2 Å². The Morgan fingerprint density at radius 3 is 2.21 bits per heavy atom. The third kappa shape index (κ3) is 8.26. The molecule has 184 valence electrons. The Hall–Kier alpha value is -3.34. The summed E-state index contributed by atoms with van der Waals surface area (Å²) in [5.41, 5.74) is -0.743. The number of para-hydroxylation sites is 1. The predicted octanol–water partition coefficient (Wildman–Crippen LogP) is 0.845. The lowest BCUT2D eigenvalue weighted by atomic mass is 10.00. The van der Waals surface area contributed by atoms with Crippen molar-refractivity contribution in [2.75, 3.05) is 20.3 Å². The minimum absolute atomic E-state index is 0.0934. The summed E-state index contributed by atoms with van der Waals surface area (Å²) in [4.78, 5) is 51.3. The molecule has 0 aliphatic heterocycles. The quantitative estimate of drug-likeness (QED) is 0.390. The first-order chi connectivity index (χ1) is 15.3. The van der Waals surface area contributed by atoms with Gasteiger partial charge in [0, 0.05) is 11.6 Å². The van der Waals surface area contributed by atoms with Crippen molar-refractivity contribution in [2.45, 2.75) is 58.3 Å². The van der Waals surface area contributed by atoms with Gasteiger partial charge in [-0.05, 0) is 40.7 Å².